The van der Waals surface area contributed by atoms with Crippen molar-refractivity contribution in [1.82, 2.24) is 14.5 Å². The lowest BCUT2D eigenvalue weighted by Gasteiger charge is -2.22. The predicted octanol–water partition coefficient (Wildman–Crippen LogP) is 2.08. The van der Waals surface area contributed by atoms with Crippen molar-refractivity contribution < 1.29 is 27.9 Å². The number of carboxylic acid groups (broad SMARTS) is 1. The quantitative estimate of drug-likeness (QED) is 0.358. The first-order valence-electron chi connectivity index (χ1n) is 10.7. The number of sulfonamides is 1. The van der Waals surface area contributed by atoms with Gasteiger partial charge < -0.3 is 10.0 Å². The Hall–Kier alpha value is -2.46. The molecule has 2 unspecified atom stereocenters. The van der Waals surface area contributed by atoms with Crippen molar-refractivity contribution in [3.8, 4) is 0 Å². The molecule has 32 heavy (non-hydrogen) atoms. The Morgan fingerprint density at radius 3 is 2.31 bits per heavy atom. The van der Waals surface area contributed by atoms with Gasteiger partial charge in [0.1, 0.15) is 5.54 Å². The van der Waals surface area contributed by atoms with Gasteiger partial charge in [-0.1, -0.05) is 30.3 Å². The zero-order chi connectivity index (χ0) is 24.1. The number of nitrogens with one attached hydrogen (secondary N) is 1. The van der Waals surface area contributed by atoms with Crippen LogP contribution in [0.25, 0.3) is 0 Å². The summed E-state index contributed by atoms with van der Waals surface area (Å²) in [5.41, 5.74) is 0.145. The molecule has 0 bridgehead atoms. The first-order valence-corrected chi connectivity index (χ1v) is 12.3. The van der Waals surface area contributed by atoms with E-state index in [1.54, 1.807) is 20.9 Å². The highest BCUT2D eigenvalue weighted by Gasteiger charge is 2.49. The van der Waals surface area contributed by atoms with Gasteiger partial charge in [-0.15, -0.1) is 0 Å². The number of carboxylic acids is 1. The van der Waals surface area contributed by atoms with E-state index >= 15 is 0 Å². The molecule has 0 spiro atoms. The molecule has 1 aromatic carbocycles. The largest absolute Gasteiger partial charge is 0.481 e. The van der Waals surface area contributed by atoms with Crippen LogP contribution in [0.3, 0.4) is 0 Å². The number of hydrogen-bond donors (Lipinski definition) is 2. The second kappa shape index (κ2) is 10.4. The summed E-state index contributed by atoms with van der Waals surface area (Å²) >= 11 is 0. The molecule has 0 aromatic heterocycles. The van der Waals surface area contributed by atoms with Crippen LogP contribution in [-0.2, 0) is 26.0 Å². The summed E-state index contributed by atoms with van der Waals surface area (Å²) < 4.78 is 27.8. The minimum atomic E-state index is -3.84. The summed E-state index contributed by atoms with van der Waals surface area (Å²) in [5, 5.41) is 8.45. The highest BCUT2D eigenvalue weighted by atomic mass is 32.2. The van der Waals surface area contributed by atoms with Crippen LogP contribution in [0.2, 0.25) is 0 Å². The standard InChI is InChI=1S/C22H33N3O6S/c1-16(32(30,31)23-14-8-12-17-10-6-5-7-11-17)18(19(26)27)13-9-15-25-20(28)22(2,3)24(4)21(25)29/h5-7,10-11,16,18,23H,8-9,12-15H2,1-4H3,(H,26,27). The number of imide groups is 1. The Kier molecular flexibility index (Phi) is 8.41. The fraction of sp³-hybridized carbons (Fsp3) is 0.591. The van der Waals surface area contributed by atoms with Gasteiger partial charge in [0.2, 0.25) is 10.0 Å². The number of hydrogen-bond acceptors (Lipinski definition) is 5. The number of likely N-dealkylation sites (N-methyl/N-ethyl adjacent to an activating group) is 1. The number of urea groups is 1. The van der Waals surface area contributed by atoms with Crippen molar-refractivity contribution in [1.29, 1.82) is 0 Å². The lowest BCUT2D eigenvalue weighted by atomic mass is 9.99. The van der Waals surface area contributed by atoms with Gasteiger partial charge >= 0.3 is 12.0 Å². The van der Waals surface area contributed by atoms with Crippen molar-refractivity contribution >= 4 is 27.9 Å². The van der Waals surface area contributed by atoms with Crippen molar-refractivity contribution in [2.75, 3.05) is 20.1 Å². The molecule has 1 fully saturated rings. The Morgan fingerprint density at radius 1 is 1.16 bits per heavy atom. The SMILES string of the molecule is CC(C(CCCN1C(=O)N(C)C(C)(C)C1=O)C(=O)O)S(=O)(=O)NCCCc1ccccc1. The molecule has 0 aliphatic carbocycles. The summed E-state index contributed by atoms with van der Waals surface area (Å²) in [6, 6.07) is 9.24. The monoisotopic (exact) mass is 467 g/mol. The van der Waals surface area contributed by atoms with Crippen molar-refractivity contribution in [3.05, 3.63) is 35.9 Å². The lowest BCUT2D eigenvalue weighted by molar-refractivity contribution is -0.141. The van der Waals surface area contributed by atoms with Gasteiger partial charge in [0.05, 0.1) is 11.2 Å². The highest BCUT2D eigenvalue weighted by molar-refractivity contribution is 7.90. The Bertz CT molecular complexity index is 932. The molecule has 0 saturated carbocycles. The number of carbonyl (C=O) groups excluding carboxylic acids is 2. The molecule has 9 nitrogen and oxygen atoms in total. The van der Waals surface area contributed by atoms with E-state index in [2.05, 4.69) is 4.72 Å². The Balaban J connectivity index is 1.89. The van der Waals surface area contributed by atoms with Crippen molar-refractivity contribution in [2.45, 2.75) is 57.2 Å². The van der Waals surface area contributed by atoms with E-state index in [1.807, 2.05) is 30.3 Å². The normalized spacial score (nSPS) is 18.1. The molecule has 2 rings (SSSR count). The fourth-order valence-corrected chi connectivity index (χ4v) is 5.08. The summed E-state index contributed by atoms with van der Waals surface area (Å²) in [5.74, 6) is -2.72. The zero-order valence-electron chi connectivity index (χ0n) is 19.1. The molecule has 1 saturated heterocycles. The number of carbonyl (C=O) groups is 3. The number of rotatable bonds is 12. The molecule has 1 aliphatic rings. The molecule has 2 N–H and O–H groups in total. The van der Waals surface area contributed by atoms with Crippen LogP contribution < -0.4 is 4.72 Å². The van der Waals surface area contributed by atoms with Crippen LogP contribution in [0.4, 0.5) is 4.79 Å². The average Bonchev–Trinajstić information content (AvgIpc) is 2.88. The van der Waals surface area contributed by atoms with Crippen LogP contribution >= 0.6 is 0 Å². The number of aryl methyl sites for hydroxylation is 1. The summed E-state index contributed by atoms with van der Waals surface area (Å²) in [7, 11) is -2.30. The zero-order valence-corrected chi connectivity index (χ0v) is 19.9. The van der Waals surface area contributed by atoms with Gasteiger partial charge in [0.15, 0.2) is 0 Å². The van der Waals surface area contributed by atoms with E-state index in [1.165, 1.54) is 11.8 Å². The number of aliphatic carboxylic acids is 1. The second-order valence-electron chi connectivity index (χ2n) is 8.68. The van der Waals surface area contributed by atoms with Crippen LogP contribution in [0.15, 0.2) is 30.3 Å². The minimum Gasteiger partial charge on any atom is -0.481 e. The van der Waals surface area contributed by atoms with Gasteiger partial charge in [-0.2, -0.15) is 0 Å². The van der Waals surface area contributed by atoms with Crippen LogP contribution in [-0.4, -0.2) is 72.2 Å². The number of amides is 3. The molecule has 3 amide bonds. The predicted molar refractivity (Wildman–Crippen MR) is 120 cm³/mol. The molecule has 1 aromatic rings. The minimum absolute atomic E-state index is 0.0304. The molecule has 2 atom stereocenters. The number of nitrogens with zero attached hydrogens (tertiary/aromatic N) is 2. The van der Waals surface area contributed by atoms with E-state index in [0.717, 1.165) is 10.5 Å². The summed E-state index contributed by atoms with van der Waals surface area (Å²) in [6.45, 7) is 4.93. The third-order valence-electron chi connectivity index (χ3n) is 6.18. The van der Waals surface area contributed by atoms with E-state index in [9.17, 15) is 27.9 Å². The number of benzene rings is 1. The maximum atomic E-state index is 12.6. The van der Waals surface area contributed by atoms with Gasteiger partial charge in [0.25, 0.3) is 5.91 Å². The molecule has 1 heterocycles. The molecular formula is C22H33N3O6S. The summed E-state index contributed by atoms with van der Waals surface area (Å²) in [6.07, 6.45) is 1.54. The van der Waals surface area contributed by atoms with Gasteiger partial charge in [0, 0.05) is 20.1 Å². The molecule has 1 aliphatic heterocycles. The highest BCUT2D eigenvalue weighted by Crippen LogP contribution is 2.27. The second-order valence-corrected chi connectivity index (χ2v) is 10.8. The van der Waals surface area contributed by atoms with Gasteiger partial charge in [-0.05, 0) is 52.0 Å². The molecule has 178 valence electrons. The lowest BCUT2D eigenvalue weighted by Crippen LogP contribution is -2.42. The third-order valence-corrected chi connectivity index (χ3v) is 8.10. The molecule has 10 heteroatoms. The third kappa shape index (κ3) is 5.86. The van der Waals surface area contributed by atoms with E-state index in [0.29, 0.717) is 12.8 Å². The van der Waals surface area contributed by atoms with Crippen LogP contribution in [0, 0.1) is 5.92 Å². The Labute approximate surface area is 189 Å². The maximum absolute atomic E-state index is 12.6. The van der Waals surface area contributed by atoms with Gasteiger partial charge in [-0.3, -0.25) is 14.5 Å². The topological polar surface area (TPSA) is 124 Å². The van der Waals surface area contributed by atoms with Gasteiger partial charge in [-0.25, -0.2) is 17.9 Å². The van der Waals surface area contributed by atoms with E-state index < -0.39 is 38.7 Å². The van der Waals surface area contributed by atoms with Crippen molar-refractivity contribution in [3.63, 3.8) is 0 Å². The summed E-state index contributed by atoms with van der Waals surface area (Å²) in [4.78, 5) is 38.9. The first kappa shape index (κ1) is 25.8. The van der Waals surface area contributed by atoms with E-state index in [-0.39, 0.29) is 31.8 Å². The van der Waals surface area contributed by atoms with Crippen LogP contribution in [0.5, 0.6) is 0 Å². The molecular weight excluding hydrogens is 434 g/mol. The van der Waals surface area contributed by atoms with Crippen molar-refractivity contribution in [2.24, 2.45) is 5.92 Å². The fourth-order valence-electron chi connectivity index (χ4n) is 3.71. The molecule has 0 radical (unpaired) electrons. The van der Waals surface area contributed by atoms with Crippen LogP contribution in [0.1, 0.15) is 45.6 Å². The average molecular weight is 468 g/mol. The van der Waals surface area contributed by atoms with E-state index in [4.69, 9.17) is 0 Å². The first-order chi connectivity index (χ1) is 14.9. The maximum Gasteiger partial charge on any atom is 0.327 e. The smallest absolute Gasteiger partial charge is 0.327 e. The Morgan fingerprint density at radius 2 is 1.78 bits per heavy atom.